The lowest BCUT2D eigenvalue weighted by Gasteiger charge is -2.39. The molecule has 0 saturated carbocycles. The molecule has 2 saturated heterocycles. The van der Waals surface area contributed by atoms with Gasteiger partial charge < -0.3 is 15.1 Å². The first-order valence-electron chi connectivity index (χ1n) is 11.9. The van der Waals surface area contributed by atoms with E-state index in [1.165, 1.54) is 13.0 Å². The van der Waals surface area contributed by atoms with Gasteiger partial charge in [-0.1, -0.05) is 18.2 Å². The molecule has 3 aromatic rings. The first kappa shape index (κ1) is 23.4. The predicted molar refractivity (Wildman–Crippen MR) is 129 cm³/mol. The van der Waals surface area contributed by atoms with Crippen molar-refractivity contribution in [2.45, 2.75) is 51.9 Å². The molecule has 0 bridgehead atoms. The van der Waals surface area contributed by atoms with Crippen molar-refractivity contribution >= 4 is 28.2 Å². The zero-order valence-corrected chi connectivity index (χ0v) is 20.0. The van der Waals surface area contributed by atoms with E-state index in [-0.39, 0.29) is 17.5 Å². The quantitative estimate of drug-likeness (QED) is 0.549. The summed E-state index contributed by atoms with van der Waals surface area (Å²) in [6.45, 7) is 7.48. The molecule has 2 aliphatic rings. The van der Waals surface area contributed by atoms with Crippen LogP contribution in [0.2, 0.25) is 0 Å². The van der Waals surface area contributed by atoms with Gasteiger partial charge in [0, 0.05) is 48.6 Å². The SMILES string of the molecule is Cc1c(C(C)Nc2nnc(C)c3ccc(N4CCN5C(=O)CC[C@@H]5C4)cc23)cccc1C(F)(F)F. The standard InChI is InChI=1S/C26H28F3N5O/c1-15-20(5-4-6-23(15)26(27,28)29)16(2)30-25-22-13-18(7-9-21(22)17(3)31-32-25)33-11-12-34-19(14-33)8-10-24(34)35/h4-7,9,13,16,19H,8,10-12,14H2,1-3H3,(H,30,32)/t16?,19-/m1/s1. The molecule has 9 heteroatoms. The van der Waals surface area contributed by atoms with Gasteiger partial charge in [0.1, 0.15) is 0 Å². The maximum Gasteiger partial charge on any atom is 0.416 e. The Bertz CT molecular complexity index is 1290. The van der Waals surface area contributed by atoms with Crippen LogP contribution < -0.4 is 10.2 Å². The molecular weight excluding hydrogens is 455 g/mol. The summed E-state index contributed by atoms with van der Waals surface area (Å²) in [5.41, 5.74) is 1.96. The first-order valence-corrected chi connectivity index (χ1v) is 11.9. The number of amides is 1. The molecule has 1 aromatic heterocycles. The molecule has 2 aliphatic heterocycles. The highest BCUT2D eigenvalue weighted by atomic mass is 19.4. The second-order valence-electron chi connectivity index (χ2n) is 9.47. The summed E-state index contributed by atoms with van der Waals surface area (Å²) in [6, 6.07) is 10.2. The zero-order valence-electron chi connectivity index (χ0n) is 20.0. The Hall–Kier alpha value is -3.36. The highest BCUT2D eigenvalue weighted by molar-refractivity contribution is 5.95. The highest BCUT2D eigenvalue weighted by Gasteiger charge is 2.36. The number of aromatic nitrogens is 2. The van der Waals surface area contributed by atoms with Crippen LogP contribution in [0.25, 0.3) is 10.8 Å². The van der Waals surface area contributed by atoms with Gasteiger partial charge in [-0.2, -0.15) is 18.3 Å². The Morgan fingerprint density at radius 3 is 2.66 bits per heavy atom. The van der Waals surface area contributed by atoms with Crippen LogP contribution in [0.3, 0.4) is 0 Å². The van der Waals surface area contributed by atoms with Crippen molar-refractivity contribution < 1.29 is 18.0 Å². The Balaban J connectivity index is 1.46. The lowest BCUT2D eigenvalue weighted by atomic mass is 9.97. The number of piperazine rings is 1. The van der Waals surface area contributed by atoms with E-state index in [0.717, 1.165) is 47.7 Å². The van der Waals surface area contributed by atoms with Crippen LogP contribution in [0.1, 0.15) is 48.2 Å². The van der Waals surface area contributed by atoms with E-state index in [2.05, 4.69) is 32.5 Å². The lowest BCUT2D eigenvalue weighted by Crippen LogP contribution is -2.51. The third-order valence-electron chi connectivity index (χ3n) is 7.31. The summed E-state index contributed by atoms with van der Waals surface area (Å²) in [7, 11) is 0. The van der Waals surface area contributed by atoms with Crippen LogP contribution in [0, 0.1) is 13.8 Å². The van der Waals surface area contributed by atoms with Crippen LogP contribution in [-0.2, 0) is 11.0 Å². The fourth-order valence-corrected chi connectivity index (χ4v) is 5.39. The van der Waals surface area contributed by atoms with Crippen LogP contribution in [-0.4, -0.2) is 46.7 Å². The number of aryl methyl sites for hydroxylation is 1. The summed E-state index contributed by atoms with van der Waals surface area (Å²) < 4.78 is 40.3. The average Bonchev–Trinajstić information content (AvgIpc) is 3.20. The Morgan fingerprint density at radius 1 is 1.09 bits per heavy atom. The smallest absolute Gasteiger partial charge is 0.368 e. The molecule has 6 nitrogen and oxygen atoms in total. The average molecular weight is 484 g/mol. The van der Waals surface area contributed by atoms with Gasteiger partial charge in [-0.25, -0.2) is 0 Å². The van der Waals surface area contributed by atoms with Gasteiger partial charge in [0.15, 0.2) is 5.82 Å². The van der Waals surface area contributed by atoms with E-state index in [1.54, 1.807) is 6.07 Å². The Labute approximate surface area is 202 Å². The normalized spacial score (nSPS) is 19.3. The maximum absolute atomic E-state index is 13.4. The third kappa shape index (κ3) is 4.28. The van der Waals surface area contributed by atoms with E-state index in [0.29, 0.717) is 24.3 Å². The summed E-state index contributed by atoms with van der Waals surface area (Å²) in [5, 5.41) is 13.8. The van der Waals surface area contributed by atoms with Gasteiger partial charge in [-0.05, 0) is 56.5 Å². The predicted octanol–water partition coefficient (Wildman–Crippen LogP) is 5.25. The third-order valence-corrected chi connectivity index (χ3v) is 7.31. The topological polar surface area (TPSA) is 61.4 Å². The molecule has 0 radical (unpaired) electrons. The molecule has 184 valence electrons. The molecule has 5 rings (SSSR count). The van der Waals surface area contributed by atoms with Gasteiger partial charge in [0.05, 0.1) is 17.3 Å². The van der Waals surface area contributed by atoms with E-state index in [9.17, 15) is 18.0 Å². The molecule has 2 aromatic carbocycles. The van der Waals surface area contributed by atoms with Crippen molar-refractivity contribution in [3.8, 4) is 0 Å². The second kappa shape index (κ2) is 8.70. The van der Waals surface area contributed by atoms with E-state index in [1.807, 2.05) is 24.8 Å². The lowest BCUT2D eigenvalue weighted by molar-refractivity contribution is -0.138. The highest BCUT2D eigenvalue weighted by Crippen LogP contribution is 2.36. The summed E-state index contributed by atoms with van der Waals surface area (Å²) in [5.74, 6) is 0.774. The van der Waals surface area contributed by atoms with E-state index < -0.39 is 17.8 Å². The van der Waals surface area contributed by atoms with Crippen molar-refractivity contribution in [1.82, 2.24) is 15.1 Å². The fourth-order valence-electron chi connectivity index (χ4n) is 5.39. The molecule has 0 spiro atoms. The number of anilines is 2. The van der Waals surface area contributed by atoms with Gasteiger partial charge in [-0.15, -0.1) is 5.10 Å². The molecule has 1 unspecified atom stereocenters. The molecule has 1 amide bonds. The van der Waals surface area contributed by atoms with Gasteiger partial charge >= 0.3 is 6.18 Å². The van der Waals surface area contributed by atoms with Crippen molar-refractivity contribution in [3.63, 3.8) is 0 Å². The Morgan fingerprint density at radius 2 is 1.89 bits per heavy atom. The fraction of sp³-hybridized carbons (Fsp3) is 0.423. The number of fused-ring (bicyclic) bond motifs is 2. The summed E-state index contributed by atoms with van der Waals surface area (Å²) in [6.07, 6.45) is -2.90. The largest absolute Gasteiger partial charge is 0.416 e. The molecule has 35 heavy (non-hydrogen) atoms. The van der Waals surface area contributed by atoms with Gasteiger partial charge in [0.2, 0.25) is 5.91 Å². The number of halogens is 3. The molecule has 0 aliphatic carbocycles. The number of benzene rings is 2. The summed E-state index contributed by atoms with van der Waals surface area (Å²) in [4.78, 5) is 16.3. The molecular formula is C26H28F3N5O. The van der Waals surface area contributed by atoms with Crippen LogP contribution in [0.15, 0.2) is 36.4 Å². The van der Waals surface area contributed by atoms with Crippen molar-refractivity contribution in [3.05, 3.63) is 58.8 Å². The molecule has 1 N–H and O–H groups in total. The number of nitrogens with one attached hydrogen (secondary N) is 1. The van der Waals surface area contributed by atoms with Crippen molar-refractivity contribution in [2.75, 3.05) is 29.9 Å². The number of hydrogen-bond acceptors (Lipinski definition) is 5. The van der Waals surface area contributed by atoms with E-state index in [4.69, 9.17) is 0 Å². The maximum atomic E-state index is 13.4. The number of alkyl halides is 3. The summed E-state index contributed by atoms with van der Waals surface area (Å²) >= 11 is 0. The van der Waals surface area contributed by atoms with Crippen molar-refractivity contribution in [1.29, 1.82) is 0 Å². The molecule has 3 heterocycles. The number of carbonyl (C=O) groups excluding carboxylic acids is 1. The second-order valence-corrected chi connectivity index (χ2v) is 9.47. The van der Waals surface area contributed by atoms with Crippen LogP contribution in [0.5, 0.6) is 0 Å². The minimum atomic E-state index is -4.40. The first-order chi connectivity index (χ1) is 16.6. The number of hydrogen-bond donors (Lipinski definition) is 1. The van der Waals surface area contributed by atoms with Gasteiger partial charge in [-0.3, -0.25) is 4.79 Å². The Kier molecular flexibility index (Phi) is 5.81. The molecule has 2 atom stereocenters. The molecule has 2 fully saturated rings. The monoisotopic (exact) mass is 483 g/mol. The number of nitrogens with zero attached hydrogens (tertiary/aromatic N) is 4. The number of carbonyl (C=O) groups is 1. The van der Waals surface area contributed by atoms with Crippen LogP contribution >= 0.6 is 0 Å². The van der Waals surface area contributed by atoms with Crippen molar-refractivity contribution in [2.24, 2.45) is 0 Å². The van der Waals surface area contributed by atoms with Crippen LogP contribution in [0.4, 0.5) is 24.7 Å². The van der Waals surface area contributed by atoms with Gasteiger partial charge in [0.25, 0.3) is 0 Å². The number of rotatable bonds is 4. The minimum Gasteiger partial charge on any atom is -0.368 e. The zero-order chi connectivity index (χ0) is 24.9. The minimum absolute atomic E-state index is 0.203. The van der Waals surface area contributed by atoms with E-state index >= 15 is 0 Å².